The van der Waals surface area contributed by atoms with Crippen molar-refractivity contribution in [2.45, 2.75) is 19.8 Å². The van der Waals surface area contributed by atoms with E-state index in [-0.39, 0.29) is 18.9 Å². The van der Waals surface area contributed by atoms with Gasteiger partial charge in [-0.15, -0.1) is 0 Å². The highest BCUT2D eigenvalue weighted by atomic mass is 16.5. The third-order valence-electron chi connectivity index (χ3n) is 3.04. The van der Waals surface area contributed by atoms with Gasteiger partial charge in [-0.2, -0.15) is 0 Å². The number of hydrogen-bond donors (Lipinski definition) is 1. The van der Waals surface area contributed by atoms with Gasteiger partial charge >= 0.3 is 5.97 Å². The summed E-state index contributed by atoms with van der Waals surface area (Å²) in [6.07, 6.45) is 0.482. The zero-order valence-electron chi connectivity index (χ0n) is 12.6. The molecule has 116 valence electrons. The van der Waals surface area contributed by atoms with E-state index in [1.165, 1.54) is 4.90 Å². The topological polar surface area (TPSA) is 76.1 Å². The SMILES string of the molecule is COc1ccc(OCC(=O)N(C)CCCC(=O)O)cc1C. The predicted octanol–water partition coefficient (Wildman–Crippen LogP) is 1.71. The zero-order valence-corrected chi connectivity index (χ0v) is 12.6. The highest BCUT2D eigenvalue weighted by molar-refractivity contribution is 5.77. The van der Waals surface area contributed by atoms with Gasteiger partial charge in [0.1, 0.15) is 11.5 Å². The van der Waals surface area contributed by atoms with Gasteiger partial charge in [0.05, 0.1) is 7.11 Å². The lowest BCUT2D eigenvalue weighted by Crippen LogP contribution is -2.32. The summed E-state index contributed by atoms with van der Waals surface area (Å²) in [6.45, 7) is 2.22. The van der Waals surface area contributed by atoms with Crippen LogP contribution in [-0.2, 0) is 9.59 Å². The van der Waals surface area contributed by atoms with E-state index in [2.05, 4.69) is 0 Å². The molecule has 0 aromatic heterocycles. The molecule has 6 heteroatoms. The van der Waals surface area contributed by atoms with E-state index < -0.39 is 5.97 Å². The Labute approximate surface area is 124 Å². The number of carbonyl (C=O) groups excluding carboxylic acids is 1. The van der Waals surface area contributed by atoms with Crippen molar-refractivity contribution in [3.63, 3.8) is 0 Å². The molecule has 0 aliphatic rings. The van der Waals surface area contributed by atoms with Crippen LogP contribution >= 0.6 is 0 Å². The molecule has 0 atom stereocenters. The summed E-state index contributed by atoms with van der Waals surface area (Å²) in [5, 5.41) is 8.55. The van der Waals surface area contributed by atoms with Gasteiger partial charge in [0.2, 0.25) is 0 Å². The molecule has 1 amide bonds. The molecule has 0 aliphatic carbocycles. The highest BCUT2D eigenvalue weighted by Gasteiger charge is 2.10. The lowest BCUT2D eigenvalue weighted by Gasteiger charge is -2.17. The van der Waals surface area contributed by atoms with Gasteiger partial charge in [-0.05, 0) is 37.1 Å². The van der Waals surface area contributed by atoms with Crippen LogP contribution < -0.4 is 9.47 Å². The fraction of sp³-hybridized carbons (Fsp3) is 0.467. The Kier molecular flexibility index (Phi) is 6.52. The molecule has 6 nitrogen and oxygen atoms in total. The van der Waals surface area contributed by atoms with E-state index in [1.54, 1.807) is 32.4 Å². The molecule has 0 saturated carbocycles. The summed E-state index contributed by atoms with van der Waals surface area (Å²) in [5.41, 5.74) is 0.928. The minimum absolute atomic E-state index is 0.0517. The normalized spacial score (nSPS) is 10.0. The molecule has 0 fully saturated rings. The molecule has 0 saturated heterocycles. The van der Waals surface area contributed by atoms with E-state index >= 15 is 0 Å². The van der Waals surface area contributed by atoms with Gasteiger partial charge in [0.15, 0.2) is 6.61 Å². The molecule has 0 unspecified atom stereocenters. The molecule has 1 aromatic carbocycles. The molecular weight excluding hydrogens is 274 g/mol. The van der Waals surface area contributed by atoms with Crippen molar-refractivity contribution in [2.24, 2.45) is 0 Å². The number of carbonyl (C=O) groups is 2. The van der Waals surface area contributed by atoms with Crippen molar-refractivity contribution in [1.82, 2.24) is 4.90 Å². The first-order valence-electron chi connectivity index (χ1n) is 6.67. The third kappa shape index (κ3) is 5.72. The molecule has 1 N–H and O–H groups in total. The van der Waals surface area contributed by atoms with E-state index in [4.69, 9.17) is 14.6 Å². The van der Waals surface area contributed by atoms with Gasteiger partial charge in [-0.1, -0.05) is 0 Å². The molecule has 1 rings (SSSR count). The highest BCUT2D eigenvalue weighted by Crippen LogP contribution is 2.22. The average Bonchev–Trinajstić information content (AvgIpc) is 2.44. The fourth-order valence-corrected chi connectivity index (χ4v) is 1.79. The van der Waals surface area contributed by atoms with Crippen molar-refractivity contribution in [2.75, 3.05) is 27.3 Å². The van der Waals surface area contributed by atoms with Crippen LogP contribution in [0, 0.1) is 6.92 Å². The smallest absolute Gasteiger partial charge is 0.303 e. The quantitative estimate of drug-likeness (QED) is 0.790. The standard InChI is InChI=1S/C15H21NO5/c1-11-9-12(6-7-13(11)20-3)21-10-14(17)16(2)8-4-5-15(18)19/h6-7,9H,4-5,8,10H2,1-3H3,(H,18,19). The first-order chi connectivity index (χ1) is 9.93. The Morgan fingerprint density at radius 2 is 2.05 bits per heavy atom. The summed E-state index contributed by atoms with van der Waals surface area (Å²) < 4.78 is 10.6. The second-order valence-corrected chi connectivity index (χ2v) is 4.73. The molecular formula is C15H21NO5. The second kappa shape index (κ2) is 8.14. The number of aryl methyl sites for hydroxylation is 1. The maximum absolute atomic E-state index is 11.8. The van der Waals surface area contributed by atoms with E-state index in [0.717, 1.165) is 11.3 Å². The lowest BCUT2D eigenvalue weighted by molar-refractivity contribution is -0.138. The third-order valence-corrected chi connectivity index (χ3v) is 3.04. The van der Waals surface area contributed by atoms with Crippen LogP contribution in [0.15, 0.2) is 18.2 Å². The van der Waals surface area contributed by atoms with Gasteiger partial charge in [0.25, 0.3) is 5.91 Å². The number of nitrogens with zero attached hydrogens (tertiary/aromatic N) is 1. The first-order valence-corrected chi connectivity index (χ1v) is 6.67. The Balaban J connectivity index is 2.41. The van der Waals surface area contributed by atoms with Crippen LogP contribution in [0.2, 0.25) is 0 Å². The van der Waals surface area contributed by atoms with Crippen LogP contribution in [0.5, 0.6) is 11.5 Å². The van der Waals surface area contributed by atoms with Crippen molar-refractivity contribution < 1.29 is 24.2 Å². The van der Waals surface area contributed by atoms with Crippen molar-refractivity contribution in [1.29, 1.82) is 0 Å². The second-order valence-electron chi connectivity index (χ2n) is 4.73. The molecule has 0 bridgehead atoms. The lowest BCUT2D eigenvalue weighted by atomic mass is 10.2. The minimum atomic E-state index is -0.860. The number of amides is 1. The Bertz CT molecular complexity index is 501. The van der Waals surface area contributed by atoms with Crippen LogP contribution in [-0.4, -0.2) is 49.2 Å². The van der Waals surface area contributed by atoms with E-state index in [0.29, 0.717) is 18.7 Å². The Hall–Kier alpha value is -2.24. The molecule has 21 heavy (non-hydrogen) atoms. The van der Waals surface area contributed by atoms with Crippen LogP contribution in [0.4, 0.5) is 0 Å². The van der Waals surface area contributed by atoms with Crippen LogP contribution in [0.1, 0.15) is 18.4 Å². The first kappa shape index (κ1) is 16.8. The van der Waals surface area contributed by atoms with E-state index in [9.17, 15) is 9.59 Å². The van der Waals surface area contributed by atoms with Gasteiger partial charge < -0.3 is 19.5 Å². The maximum Gasteiger partial charge on any atom is 0.303 e. The zero-order chi connectivity index (χ0) is 15.8. The molecule has 0 spiro atoms. The van der Waals surface area contributed by atoms with Crippen LogP contribution in [0.3, 0.4) is 0 Å². The number of carboxylic acid groups (broad SMARTS) is 1. The Morgan fingerprint density at radius 1 is 1.33 bits per heavy atom. The molecule has 0 aliphatic heterocycles. The number of methoxy groups -OCH3 is 1. The summed E-state index contributed by atoms with van der Waals surface area (Å²) in [4.78, 5) is 23.7. The maximum atomic E-state index is 11.8. The summed E-state index contributed by atoms with van der Waals surface area (Å²) >= 11 is 0. The number of likely N-dealkylation sites (N-methyl/N-ethyl adjacent to an activating group) is 1. The number of rotatable bonds is 8. The van der Waals surface area contributed by atoms with Gasteiger partial charge in [-0.3, -0.25) is 9.59 Å². The van der Waals surface area contributed by atoms with Gasteiger partial charge in [-0.25, -0.2) is 0 Å². The minimum Gasteiger partial charge on any atom is -0.496 e. The van der Waals surface area contributed by atoms with Crippen molar-refractivity contribution in [3.05, 3.63) is 23.8 Å². The molecule has 1 aromatic rings. The van der Waals surface area contributed by atoms with Crippen LogP contribution in [0.25, 0.3) is 0 Å². The number of carboxylic acids is 1. The van der Waals surface area contributed by atoms with Crippen molar-refractivity contribution in [3.8, 4) is 11.5 Å². The monoisotopic (exact) mass is 295 g/mol. The average molecular weight is 295 g/mol. The molecule has 0 heterocycles. The van der Waals surface area contributed by atoms with Gasteiger partial charge in [0, 0.05) is 20.0 Å². The summed E-state index contributed by atoms with van der Waals surface area (Å²) in [7, 11) is 3.23. The number of benzene rings is 1. The summed E-state index contributed by atoms with van der Waals surface area (Å²) in [5.74, 6) is 0.315. The number of ether oxygens (including phenoxy) is 2. The largest absolute Gasteiger partial charge is 0.496 e. The van der Waals surface area contributed by atoms with Crippen molar-refractivity contribution >= 4 is 11.9 Å². The number of hydrogen-bond acceptors (Lipinski definition) is 4. The Morgan fingerprint density at radius 3 is 2.62 bits per heavy atom. The predicted molar refractivity (Wildman–Crippen MR) is 77.7 cm³/mol. The molecule has 0 radical (unpaired) electrons. The summed E-state index contributed by atoms with van der Waals surface area (Å²) in [6, 6.07) is 5.33. The fourth-order valence-electron chi connectivity index (χ4n) is 1.79. The van der Waals surface area contributed by atoms with E-state index in [1.807, 2.05) is 6.92 Å². The number of aliphatic carboxylic acids is 1.